The van der Waals surface area contributed by atoms with Crippen LogP contribution in [-0.2, 0) is 0 Å². The van der Waals surface area contributed by atoms with Gasteiger partial charge in [-0.25, -0.2) is 4.39 Å². The van der Waals surface area contributed by atoms with Gasteiger partial charge in [0.15, 0.2) is 0 Å². The summed E-state index contributed by atoms with van der Waals surface area (Å²) >= 11 is 5.88. The molecule has 2 rings (SSSR count). The summed E-state index contributed by atoms with van der Waals surface area (Å²) in [6, 6.07) is 8.16. The molecule has 98 valence electrons. The molecule has 0 fully saturated rings. The molecule has 2 aromatic rings. The molecule has 0 aromatic heterocycles. The molecule has 0 bridgehead atoms. The molecule has 5 heteroatoms. The van der Waals surface area contributed by atoms with E-state index in [1.807, 2.05) is 0 Å². The van der Waals surface area contributed by atoms with Crippen LogP contribution in [0.15, 0.2) is 36.4 Å². The third-order valence-corrected chi connectivity index (χ3v) is 2.97. The Labute approximate surface area is 114 Å². The molecule has 0 aliphatic carbocycles. The van der Waals surface area contributed by atoms with E-state index in [9.17, 15) is 14.3 Å². The highest BCUT2D eigenvalue weighted by Crippen LogP contribution is 2.23. The van der Waals surface area contributed by atoms with Crippen molar-refractivity contribution in [3.8, 4) is 5.75 Å². The molecule has 2 aromatic carbocycles. The van der Waals surface area contributed by atoms with E-state index in [0.29, 0.717) is 5.69 Å². The van der Waals surface area contributed by atoms with Crippen LogP contribution in [0.5, 0.6) is 5.75 Å². The number of halogens is 2. The Morgan fingerprint density at radius 2 is 2.00 bits per heavy atom. The zero-order valence-corrected chi connectivity index (χ0v) is 10.8. The predicted molar refractivity (Wildman–Crippen MR) is 72.2 cm³/mol. The van der Waals surface area contributed by atoms with Gasteiger partial charge in [0.25, 0.3) is 5.91 Å². The van der Waals surface area contributed by atoms with Crippen molar-refractivity contribution >= 4 is 23.2 Å². The standard InChI is InChI=1S/C14H11ClFNO2/c1-8-2-3-9(16)6-13(8)17-14(19)11-7-10(18)4-5-12(11)15/h2-7,18H,1H3,(H,17,19). The van der Waals surface area contributed by atoms with Gasteiger partial charge in [-0.1, -0.05) is 17.7 Å². The van der Waals surface area contributed by atoms with Crippen LogP contribution in [0, 0.1) is 12.7 Å². The highest BCUT2D eigenvalue weighted by Gasteiger charge is 2.13. The number of nitrogens with one attached hydrogen (secondary N) is 1. The molecule has 0 radical (unpaired) electrons. The molecule has 19 heavy (non-hydrogen) atoms. The van der Waals surface area contributed by atoms with Crippen LogP contribution in [0.25, 0.3) is 0 Å². The summed E-state index contributed by atoms with van der Waals surface area (Å²) in [4.78, 5) is 12.0. The van der Waals surface area contributed by atoms with E-state index in [0.717, 1.165) is 5.56 Å². The Hall–Kier alpha value is -2.07. The zero-order valence-electron chi connectivity index (χ0n) is 10.1. The molecule has 0 spiro atoms. The Morgan fingerprint density at radius 3 is 2.74 bits per heavy atom. The number of hydrogen-bond donors (Lipinski definition) is 2. The Bertz CT molecular complexity index is 643. The third kappa shape index (κ3) is 3.03. The zero-order chi connectivity index (χ0) is 14.0. The first kappa shape index (κ1) is 13.4. The number of benzene rings is 2. The van der Waals surface area contributed by atoms with E-state index in [1.165, 1.54) is 30.3 Å². The maximum atomic E-state index is 13.1. The van der Waals surface area contributed by atoms with Gasteiger partial charge in [-0.15, -0.1) is 0 Å². The second-order valence-electron chi connectivity index (χ2n) is 4.08. The molecule has 0 aliphatic rings. The number of aromatic hydroxyl groups is 1. The number of carbonyl (C=O) groups excluding carboxylic acids is 1. The minimum absolute atomic E-state index is 0.0643. The molecule has 1 amide bonds. The van der Waals surface area contributed by atoms with E-state index in [1.54, 1.807) is 13.0 Å². The van der Waals surface area contributed by atoms with E-state index in [-0.39, 0.29) is 16.3 Å². The highest BCUT2D eigenvalue weighted by molar-refractivity contribution is 6.34. The van der Waals surface area contributed by atoms with Crippen molar-refractivity contribution in [2.45, 2.75) is 6.92 Å². The number of anilines is 1. The molecule has 2 N–H and O–H groups in total. The van der Waals surface area contributed by atoms with Crippen molar-refractivity contribution < 1.29 is 14.3 Å². The topological polar surface area (TPSA) is 49.3 Å². The van der Waals surface area contributed by atoms with E-state index in [2.05, 4.69) is 5.32 Å². The monoisotopic (exact) mass is 279 g/mol. The van der Waals surface area contributed by atoms with Gasteiger partial charge < -0.3 is 10.4 Å². The van der Waals surface area contributed by atoms with Gasteiger partial charge in [0, 0.05) is 5.69 Å². The van der Waals surface area contributed by atoms with Gasteiger partial charge in [0.1, 0.15) is 11.6 Å². The molecule has 0 saturated carbocycles. The lowest BCUT2D eigenvalue weighted by Crippen LogP contribution is -2.13. The summed E-state index contributed by atoms with van der Waals surface area (Å²) < 4.78 is 13.1. The number of phenolic OH excluding ortho intramolecular Hbond substituents is 1. The van der Waals surface area contributed by atoms with Crippen molar-refractivity contribution in [3.63, 3.8) is 0 Å². The summed E-state index contributed by atoms with van der Waals surface area (Å²) in [5.41, 5.74) is 1.22. The van der Waals surface area contributed by atoms with Gasteiger partial charge >= 0.3 is 0 Å². The Kier molecular flexibility index (Phi) is 3.71. The minimum Gasteiger partial charge on any atom is -0.508 e. The van der Waals surface area contributed by atoms with Crippen LogP contribution in [0.1, 0.15) is 15.9 Å². The molecular formula is C14H11ClFNO2. The Balaban J connectivity index is 2.30. The first-order chi connectivity index (χ1) is 8.97. The summed E-state index contributed by atoms with van der Waals surface area (Å²) in [6.07, 6.45) is 0. The molecule has 0 aliphatic heterocycles. The fourth-order valence-electron chi connectivity index (χ4n) is 1.61. The number of aryl methyl sites for hydroxylation is 1. The first-order valence-corrected chi connectivity index (χ1v) is 5.91. The minimum atomic E-state index is -0.505. The fraction of sp³-hybridized carbons (Fsp3) is 0.0714. The van der Waals surface area contributed by atoms with Crippen molar-refractivity contribution in [1.82, 2.24) is 0 Å². The molecule has 0 heterocycles. The van der Waals surface area contributed by atoms with Gasteiger partial charge in [-0.2, -0.15) is 0 Å². The summed E-state index contributed by atoms with van der Waals surface area (Å²) in [6.45, 7) is 1.75. The fourth-order valence-corrected chi connectivity index (χ4v) is 1.81. The predicted octanol–water partition coefficient (Wildman–Crippen LogP) is 3.75. The lowest BCUT2D eigenvalue weighted by Gasteiger charge is -2.09. The van der Waals surface area contributed by atoms with Crippen LogP contribution in [0.2, 0.25) is 5.02 Å². The summed E-state index contributed by atoms with van der Waals surface area (Å²) in [5, 5.41) is 12.1. The van der Waals surface area contributed by atoms with Crippen molar-refractivity contribution in [3.05, 3.63) is 58.4 Å². The van der Waals surface area contributed by atoms with Crippen molar-refractivity contribution in [2.75, 3.05) is 5.32 Å². The lowest BCUT2D eigenvalue weighted by atomic mass is 10.1. The maximum Gasteiger partial charge on any atom is 0.257 e. The van der Waals surface area contributed by atoms with E-state index < -0.39 is 11.7 Å². The van der Waals surface area contributed by atoms with Crippen LogP contribution in [0.3, 0.4) is 0 Å². The van der Waals surface area contributed by atoms with Crippen LogP contribution in [0.4, 0.5) is 10.1 Å². The number of rotatable bonds is 2. The van der Waals surface area contributed by atoms with Gasteiger partial charge in [-0.05, 0) is 42.8 Å². The van der Waals surface area contributed by atoms with Crippen LogP contribution < -0.4 is 5.32 Å². The van der Waals surface area contributed by atoms with Crippen LogP contribution in [-0.4, -0.2) is 11.0 Å². The SMILES string of the molecule is Cc1ccc(F)cc1NC(=O)c1cc(O)ccc1Cl. The van der Waals surface area contributed by atoms with Gasteiger partial charge in [0.05, 0.1) is 10.6 Å². The number of hydrogen-bond acceptors (Lipinski definition) is 2. The molecule has 3 nitrogen and oxygen atoms in total. The molecule has 0 unspecified atom stereocenters. The van der Waals surface area contributed by atoms with E-state index in [4.69, 9.17) is 11.6 Å². The summed E-state index contributed by atoms with van der Waals surface area (Å²) in [7, 11) is 0. The van der Waals surface area contributed by atoms with Crippen molar-refractivity contribution in [2.24, 2.45) is 0 Å². The quantitative estimate of drug-likeness (QED) is 0.880. The number of carbonyl (C=O) groups is 1. The molecule has 0 saturated heterocycles. The smallest absolute Gasteiger partial charge is 0.257 e. The summed E-state index contributed by atoms with van der Waals surface area (Å²) in [5.74, 6) is -1.01. The van der Waals surface area contributed by atoms with Gasteiger partial charge in [-0.3, -0.25) is 4.79 Å². The van der Waals surface area contributed by atoms with Crippen LogP contribution >= 0.6 is 11.6 Å². The average molecular weight is 280 g/mol. The second-order valence-corrected chi connectivity index (χ2v) is 4.48. The lowest BCUT2D eigenvalue weighted by molar-refractivity contribution is 0.102. The second kappa shape index (κ2) is 5.28. The first-order valence-electron chi connectivity index (χ1n) is 5.53. The number of phenols is 1. The van der Waals surface area contributed by atoms with Crippen molar-refractivity contribution in [1.29, 1.82) is 0 Å². The average Bonchev–Trinajstić information content (AvgIpc) is 2.36. The van der Waals surface area contributed by atoms with E-state index >= 15 is 0 Å². The van der Waals surface area contributed by atoms with Gasteiger partial charge in [0.2, 0.25) is 0 Å². The normalized spacial score (nSPS) is 10.3. The largest absolute Gasteiger partial charge is 0.508 e. The molecule has 0 atom stereocenters. The Morgan fingerprint density at radius 1 is 1.26 bits per heavy atom. The molecular weight excluding hydrogens is 269 g/mol. The maximum absolute atomic E-state index is 13.1. The number of amides is 1. The highest BCUT2D eigenvalue weighted by atomic mass is 35.5. The third-order valence-electron chi connectivity index (χ3n) is 2.64.